The van der Waals surface area contributed by atoms with Crippen molar-refractivity contribution in [2.24, 2.45) is 5.73 Å². The van der Waals surface area contributed by atoms with Crippen LogP contribution in [0.5, 0.6) is 0 Å². The van der Waals surface area contributed by atoms with Gasteiger partial charge in [-0.1, -0.05) is 44.2 Å². The fourth-order valence-corrected chi connectivity index (χ4v) is 4.22. The maximum atomic E-state index is 12.9. The number of rotatable bonds is 8. The number of urea groups is 1. The molecule has 2 aliphatic rings. The van der Waals surface area contributed by atoms with E-state index in [-0.39, 0.29) is 19.4 Å². The van der Waals surface area contributed by atoms with Crippen molar-refractivity contribution in [3.8, 4) is 0 Å². The maximum absolute atomic E-state index is 12.9. The third-order valence-corrected chi connectivity index (χ3v) is 6.23. The summed E-state index contributed by atoms with van der Waals surface area (Å²) >= 11 is 0. The molecule has 0 aromatic heterocycles. The Balaban J connectivity index is 1.64. The van der Waals surface area contributed by atoms with E-state index < -0.39 is 47.2 Å². The van der Waals surface area contributed by atoms with Gasteiger partial charge in [0.05, 0.1) is 12.8 Å². The molecule has 10 heteroatoms. The second kappa shape index (κ2) is 10.9. The van der Waals surface area contributed by atoms with Crippen molar-refractivity contribution in [1.29, 1.82) is 0 Å². The van der Waals surface area contributed by atoms with Crippen LogP contribution in [0.1, 0.15) is 50.2 Å². The van der Waals surface area contributed by atoms with Crippen LogP contribution < -0.4 is 16.4 Å². The summed E-state index contributed by atoms with van der Waals surface area (Å²) in [5.74, 6) is -1.30. The molecule has 3 atom stereocenters. The van der Waals surface area contributed by atoms with Gasteiger partial charge >= 0.3 is 17.9 Å². The quantitative estimate of drug-likeness (QED) is 0.248. The van der Waals surface area contributed by atoms with Crippen LogP contribution in [0.2, 0.25) is 0 Å². The van der Waals surface area contributed by atoms with Gasteiger partial charge in [-0.25, -0.2) is 9.59 Å². The van der Waals surface area contributed by atoms with Crippen molar-refractivity contribution in [1.82, 2.24) is 10.6 Å². The number of aliphatic hydroxyl groups is 1. The summed E-state index contributed by atoms with van der Waals surface area (Å²) in [7, 11) is 0. The summed E-state index contributed by atoms with van der Waals surface area (Å²) in [6, 6.07) is 6.46. The highest BCUT2D eigenvalue weighted by molar-refractivity contribution is 5.89. The van der Waals surface area contributed by atoms with Gasteiger partial charge in [0.1, 0.15) is 12.6 Å². The average Bonchev–Trinajstić information content (AvgIpc) is 2.99. The van der Waals surface area contributed by atoms with E-state index in [2.05, 4.69) is 53.5 Å². The number of hydrogen-bond donors (Lipinski definition) is 4. The number of quaternary nitrogens is 1. The number of nitrogens with two attached hydrogens (primary N) is 1. The molecule has 2 unspecified atom stereocenters. The number of imide groups is 1. The number of cyclic esters (lactones) is 1. The van der Waals surface area contributed by atoms with Gasteiger partial charge in [-0.05, 0) is 29.0 Å². The first-order chi connectivity index (χ1) is 16.1. The fourth-order valence-electron chi connectivity index (χ4n) is 4.22. The molecule has 0 aliphatic carbocycles. The molecule has 2 aliphatic heterocycles. The first-order valence-corrected chi connectivity index (χ1v) is 11.5. The molecule has 3 rings (SSSR count). The van der Waals surface area contributed by atoms with Gasteiger partial charge in [-0.3, -0.25) is 9.59 Å². The smallest absolute Gasteiger partial charge is 0.422 e. The second-order valence-corrected chi connectivity index (χ2v) is 9.18. The Labute approximate surface area is 198 Å². The molecule has 1 aromatic carbocycles. The van der Waals surface area contributed by atoms with Gasteiger partial charge in [0.25, 0.3) is 5.91 Å². The fraction of sp³-hybridized carbons (Fsp3) is 0.500. The van der Waals surface area contributed by atoms with Crippen LogP contribution >= 0.6 is 0 Å². The van der Waals surface area contributed by atoms with Crippen LogP contribution in [0.3, 0.4) is 0 Å². The molecule has 0 bridgehead atoms. The number of amides is 4. The molecular weight excluding hydrogens is 440 g/mol. The molecule has 34 heavy (non-hydrogen) atoms. The molecule has 4 amide bonds. The van der Waals surface area contributed by atoms with Gasteiger partial charge in [0.15, 0.2) is 6.54 Å². The van der Waals surface area contributed by atoms with Gasteiger partial charge in [-0.2, -0.15) is 4.48 Å². The monoisotopic (exact) mass is 473 g/mol. The lowest BCUT2D eigenvalue weighted by molar-refractivity contribution is -0.758. The standard InChI is InChI=1S/C24H32N4O6/c1-15(2)18-8-6-16(7-9-18)11-26-12-17-4-3-5-21(30)28(13-17,24(25)33)14-20(29)27-19-10-22(31)34-23(19)32/h4,6-9,15,19,23,26,32H,3,5,10-14H2,1-2H3,(H2-,25,27,29,33)/p+1/t19?,23?,28-/m1/s1. The molecule has 1 aromatic rings. The lowest BCUT2D eigenvalue weighted by Crippen LogP contribution is -2.64. The van der Waals surface area contributed by atoms with Gasteiger partial charge in [0, 0.05) is 13.1 Å². The summed E-state index contributed by atoms with van der Waals surface area (Å²) in [5.41, 5.74) is 8.82. The SMILES string of the molecule is CC(C)c1ccc(CNCC2=CCCC(=O)[N@@+](CC(=O)NC3CC(=O)OC3O)(C(N)=O)C2)cc1. The number of nitrogens with zero attached hydrogens (tertiary/aromatic N) is 1. The molecule has 0 saturated carbocycles. The summed E-state index contributed by atoms with van der Waals surface area (Å²) in [6.45, 7) is 4.77. The number of aliphatic hydroxyl groups excluding tert-OH is 1. The van der Waals surface area contributed by atoms with Crippen LogP contribution in [0.15, 0.2) is 35.9 Å². The van der Waals surface area contributed by atoms with Gasteiger partial charge < -0.3 is 26.2 Å². The van der Waals surface area contributed by atoms with Crippen molar-refractivity contribution in [2.75, 3.05) is 19.6 Å². The van der Waals surface area contributed by atoms with Crippen molar-refractivity contribution in [3.05, 3.63) is 47.0 Å². The molecule has 5 N–H and O–H groups in total. The number of carbonyl (C=O) groups is 4. The number of esters is 1. The minimum atomic E-state index is -1.47. The Bertz CT molecular complexity index is 974. The number of benzene rings is 1. The third kappa shape index (κ3) is 6.07. The van der Waals surface area contributed by atoms with Crippen molar-refractivity contribution >= 4 is 23.8 Å². The minimum absolute atomic E-state index is 0.0243. The van der Waals surface area contributed by atoms with E-state index in [4.69, 9.17) is 5.73 Å². The molecule has 1 saturated heterocycles. The highest BCUT2D eigenvalue weighted by Gasteiger charge is 2.47. The number of hydrogen-bond acceptors (Lipinski definition) is 7. The average molecular weight is 474 g/mol. The van der Waals surface area contributed by atoms with E-state index in [1.54, 1.807) is 0 Å². The van der Waals surface area contributed by atoms with Crippen LogP contribution in [0, 0.1) is 0 Å². The second-order valence-electron chi connectivity index (χ2n) is 9.18. The minimum Gasteiger partial charge on any atom is -0.434 e. The van der Waals surface area contributed by atoms with Crippen molar-refractivity contribution in [2.45, 2.75) is 57.9 Å². The number of primary amides is 1. The molecule has 0 radical (unpaired) electrons. The normalized spacial score (nSPS) is 25.0. The summed E-state index contributed by atoms with van der Waals surface area (Å²) in [5, 5.41) is 15.5. The third-order valence-electron chi connectivity index (χ3n) is 6.23. The van der Waals surface area contributed by atoms with E-state index in [0.717, 1.165) is 11.1 Å². The van der Waals surface area contributed by atoms with E-state index in [1.165, 1.54) is 5.56 Å². The van der Waals surface area contributed by atoms with Crippen LogP contribution in [0.4, 0.5) is 4.79 Å². The zero-order valence-corrected chi connectivity index (χ0v) is 19.6. The van der Waals surface area contributed by atoms with E-state index in [1.807, 2.05) is 6.08 Å². The summed E-state index contributed by atoms with van der Waals surface area (Å²) in [6.07, 6.45) is 0.764. The van der Waals surface area contributed by atoms with Crippen molar-refractivity contribution < 1.29 is 33.5 Å². The Hall–Kier alpha value is -3.08. The maximum Gasteiger partial charge on any atom is 0.422 e. The van der Waals surface area contributed by atoms with E-state index in [9.17, 15) is 24.3 Å². The Morgan fingerprint density at radius 3 is 2.50 bits per heavy atom. The highest BCUT2D eigenvalue weighted by atomic mass is 16.6. The number of allylic oxidation sites excluding steroid dienone is 1. The predicted molar refractivity (Wildman–Crippen MR) is 123 cm³/mol. The number of nitrogens with one attached hydrogen (secondary N) is 2. The molecule has 184 valence electrons. The first-order valence-electron chi connectivity index (χ1n) is 11.5. The highest BCUT2D eigenvalue weighted by Crippen LogP contribution is 2.21. The Kier molecular flexibility index (Phi) is 8.19. The summed E-state index contributed by atoms with van der Waals surface area (Å²) < 4.78 is 3.77. The van der Waals surface area contributed by atoms with Crippen LogP contribution in [-0.4, -0.2) is 65.4 Å². The molecule has 1 fully saturated rings. The zero-order valence-electron chi connectivity index (χ0n) is 19.6. The molecule has 0 spiro atoms. The van der Waals surface area contributed by atoms with E-state index >= 15 is 0 Å². The number of ether oxygens (including phenoxy) is 1. The first kappa shape index (κ1) is 25.5. The molecular formula is C24H33N4O6+. The van der Waals surface area contributed by atoms with Crippen molar-refractivity contribution in [3.63, 3.8) is 0 Å². The predicted octanol–water partition coefficient (Wildman–Crippen LogP) is 0.792. The van der Waals surface area contributed by atoms with Gasteiger partial charge in [-0.15, -0.1) is 0 Å². The van der Waals surface area contributed by atoms with Crippen LogP contribution in [0.25, 0.3) is 0 Å². The van der Waals surface area contributed by atoms with E-state index in [0.29, 0.717) is 25.4 Å². The summed E-state index contributed by atoms with van der Waals surface area (Å²) in [4.78, 5) is 49.4. The Morgan fingerprint density at radius 1 is 1.21 bits per heavy atom. The zero-order chi connectivity index (χ0) is 24.9. The molecule has 2 heterocycles. The largest absolute Gasteiger partial charge is 0.434 e. The lowest BCUT2D eigenvalue weighted by Gasteiger charge is -2.31. The topological polar surface area (TPSA) is 148 Å². The Morgan fingerprint density at radius 2 is 1.91 bits per heavy atom. The lowest BCUT2D eigenvalue weighted by atomic mass is 10.0. The molecule has 10 nitrogen and oxygen atoms in total. The number of carbonyl (C=O) groups excluding carboxylic acids is 4. The van der Waals surface area contributed by atoms with Gasteiger partial charge in [0.2, 0.25) is 6.29 Å². The van der Waals surface area contributed by atoms with Crippen LogP contribution in [-0.2, 0) is 25.7 Å².